The number of ether oxygens (including phenoxy) is 1. The van der Waals surface area contributed by atoms with E-state index in [0.29, 0.717) is 6.04 Å². The first-order valence-electron chi connectivity index (χ1n) is 7.23. The highest BCUT2D eigenvalue weighted by Gasteiger charge is 2.09. The van der Waals surface area contributed by atoms with E-state index in [0.717, 1.165) is 28.1 Å². The molecule has 0 aliphatic heterocycles. The van der Waals surface area contributed by atoms with E-state index in [1.165, 1.54) is 11.1 Å². The summed E-state index contributed by atoms with van der Waals surface area (Å²) in [6.45, 7) is 9.28. The van der Waals surface area contributed by atoms with E-state index in [1.807, 2.05) is 24.3 Å². The van der Waals surface area contributed by atoms with Crippen molar-refractivity contribution in [2.24, 2.45) is 0 Å². The minimum Gasteiger partial charge on any atom is -0.457 e. The van der Waals surface area contributed by atoms with E-state index in [9.17, 15) is 0 Å². The SMILES string of the molecule is Cc1cccc(Oc2cc(Br)ccc2CNC(C)C)c1C. The van der Waals surface area contributed by atoms with Crippen LogP contribution in [0, 0.1) is 13.8 Å². The van der Waals surface area contributed by atoms with Crippen LogP contribution in [0.15, 0.2) is 40.9 Å². The van der Waals surface area contributed by atoms with Gasteiger partial charge in [-0.3, -0.25) is 0 Å². The van der Waals surface area contributed by atoms with Crippen molar-refractivity contribution in [2.75, 3.05) is 0 Å². The summed E-state index contributed by atoms with van der Waals surface area (Å²) in [5, 5.41) is 3.44. The monoisotopic (exact) mass is 347 g/mol. The summed E-state index contributed by atoms with van der Waals surface area (Å²) in [5.41, 5.74) is 3.58. The second-order valence-electron chi connectivity index (χ2n) is 5.59. The molecular formula is C18H22BrNO. The summed E-state index contributed by atoms with van der Waals surface area (Å²) in [4.78, 5) is 0. The molecular weight excluding hydrogens is 326 g/mol. The Kier molecular flexibility index (Phi) is 5.43. The van der Waals surface area contributed by atoms with Crippen LogP contribution in [0.25, 0.3) is 0 Å². The number of hydrogen-bond donors (Lipinski definition) is 1. The average Bonchev–Trinajstić information content (AvgIpc) is 2.43. The standard InChI is InChI=1S/C18H22BrNO/c1-12(2)20-11-15-8-9-16(19)10-18(15)21-17-7-5-6-13(3)14(17)4/h5-10,12,20H,11H2,1-4H3. The summed E-state index contributed by atoms with van der Waals surface area (Å²) in [6.07, 6.45) is 0. The van der Waals surface area contributed by atoms with Gasteiger partial charge in [0, 0.05) is 22.6 Å². The van der Waals surface area contributed by atoms with Crippen LogP contribution in [0.2, 0.25) is 0 Å². The van der Waals surface area contributed by atoms with E-state index in [4.69, 9.17) is 4.74 Å². The molecule has 3 heteroatoms. The Labute approximate surface area is 135 Å². The van der Waals surface area contributed by atoms with Gasteiger partial charge in [-0.1, -0.05) is 48.0 Å². The molecule has 0 bridgehead atoms. The molecule has 0 spiro atoms. The highest BCUT2D eigenvalue weighted by Crippen LogP contribution is 2.31. The maximum Gasteiger partial charge on any atom is 0.133 e. The zero-order valence-corrected chi connectivity index (χ0v) is 14.6. The van der Waals surface area contributed by atoms with Gasteiger partial charge in [0.1, 0.15) is 11.5 Å². The molecule has 0 aromatic heterocycles. The number of hydrogen-bond acceptors (Lipinski definition) is 2. The molecule has 0 aliphatic carbocycles. The molecule has 2 rings (SSSR count). The first-order chi connectivity index (χ1) is 9.97. The van der Waals surface area contributed by atoms with Crippen LogP contribution in [0.3, 0.4) is 0 Å². The van der Waals surface area contributed by atoms with E-state index in [1.54, 1.807) is 0 Å². The Morgan fingerprint density at radius 1 is 1.10 bits per heavy atom. The molecule has 0 aliphatic rings. The molecule has 0 saturated heterocycles. The Bertz CT molecular complexity index is 623. The Balaban J connectivity index is 2.29. The van der Waals surface area contributed by atoms with Crippen LogP contribution in [-0.2, 0) is 6.54 Å². The van der Waals surface area contributed by atoms with Crippen molar-refractivity contribution in [3.8, 4) is 11.5 Å². The zero-order valence-electron chi connectivity index (χ0n) is 13.0. The molecule has 0 unspecified atom stereocenters. The average molecular weight is 348 g/mol. The fourth-order valence-electron chi connectivity index (χ4n) is 2.04. The van der Waals surface area contributed by atoms with Gasteiger partial charge >= 0.3 is 0 Å². The van der Waals surface area contributed by atoms with Gasteiger partial charge in [0.15, 0.2) is 0 Å². The van der Waals surface area contributed by atoms with Gasteiger partial charge in [-0.25, -0.2) is 0 Å². The Morgan fingerprint density at radius 2 is 1.86 bits per heavy atom. The molecule has 0 atom stereocenters. The summed E-state index contributed by atoms with van der Waals surface area (Å²) < 4.78 is 7.19. The van der Waals surface area contributed by atoms with Crippen LogP contribution in [0.1, 0.15) is 30.5 Å². The number of aryl methyl sites for hydroxylation is 1. The maximum atomic E-state index is 6.16. The molecule has 0 radical (unpaired) electrons. The minimum atomic E-state index is 0.446. The lowest BCUT2D eigenvalue weighted by atomic mass is 10.1. The van der Waals surface area contributed by atoms with Crippen molar-refractivity contribution in [1.29, 1.82) is 0 Å². The summed E-state index contributed by atoms with van der Waals surface area (Å²) >= 11 is 3.52. The van der Waals surface area contributed by atoms with Gasteiger partial charge in [0.05, 0.1) is 0 Å². The fraction of sp³-hybridized carbons (Fsp3) is 0.333. The third-order valence-corrected chi connectivity index (χ3v) is 4.00. The molecule has 0 amide bonds. The molecule has 1 N–H and O–H groups in total. The lowest BCUT2D eigenvalue weighted by Crippen LogP contribution is -2.22. The van der Waals surface area contributed by atoms with Gasteiger partial charge in [-0.15, -0.1) is 0 Å². The topological polar surface area (TPSA) is 21.3 Å². The lowest BCUT2D eigenvalue weighted by molar-refractivity contribution is 0.465. The molecule has 2 aromatic carbocycles. The largest absolute Gasteiger partial charge is 0.457 e. The van der Waals surface area contributed by atoms with Gasteiger partial charge in [-0.2, -0.15) is 0 Å². The van der Waals surface area contributed by atoms with E-state index < -0.39 is 0 Å². The number of benzene rings is 2. The van der Waals surface area contributed by atoms with Crippen LogP contribution in [0.5, 0.6) is 11.5 Å². The third-order valence-electron chi connectivity index (χ3n) is 3.50. The van der Waals surface area contributed by atoms with Crippen LogP contribution in [-0.4, -0.2) is 6.04 Å². The number of halogens is 1. The van der Waals surface area contributed by atoms with Gasteiger partial charge in [0.2, 0.25) is 0 Å². The van der Waals surface area contributed by atoms with Crippen molar-refractivity contribution in [1.82, 2.24) is 5.32 Å². The van der Waals surface area contributed by atoms with Crippen molar-refractivity contribution in [2.45, 2.75) is 40.3 Å². The molecule has 0 fully saturated rings. The Morgan fingerprint density at radius 3 is 2.57 bits per heavy atom. The van der Waals surface area contributed by atoms with Crippen LogP contribution < -0.4 is 10.1 Å². The van der Waals surface area contributed by atoms with Crippen LogP contribution in [0.4, 0.5) is 0 Å². The molecule has 2 nitrogen and oxygen atoms in total. The van der Waals surface area contributed by atoms with Gasteiger partial charge in [-0.05, 0) is 43.2 Å². The van der Waals surface area contributed by atoms with Crippen molar-refractivity contribution in [3.05, 3.63) is 57.6 Å². The van der Waals surface area contributed by atoms with E-state index in [2.05, 4.69) is 61.1 Å². The predicted octanol–water partition coefficient (Wildman–Crippen LogP) is 5.36. The quantitative estimate of drug-likeness (QED) is 0.786. The highest BCUT2D eigenvalue weighted by atomic mass is 79.9. The van der Waals surface area contributed by atoms with Gasteiger partial charge in [0.25, 0.3) is 0 Å². The maximum absolute atomic E-state index is 6.16. The number of nitrogens with one attached hydrogen (secondary N) is 1. The zero-order chi connectivity index (χ0) is 15.4. The van der Waals surface area contributed by atoms with E-state index in [-0.39, 0.29) is 0 Å². The molecule has 0 heterocycles. The van der Waals surface area contributed by atoms with Crippen molar-refractivity contribution < 1.29 is 4.74 Å². The number of rotatable bonds is 5. The normalized spacial score (nSPS) is 11.0. The van der Waals surface area contributed by atoms with Crippen LogP contribution >= 0.6 is 15.9 Å². The van der Waals surface area contributed by atoms with Gasteiger partial charge < -0.3 is 10.1 Å². The smallest absolute Gasteiger partial charge is 0.133 e. The second kappa shape index (κ2) is 7.10. The molecule has 21 heavy (non-hydrogen) atoms. The summed E-state index contributed by atoms with van der Waals surface area (Å²) in [5.74, 6) is 1.81. The molecule has 0 saturated carbocycles. The summed E-state index contributed by atoms with van der Waals surface area (Å²) in [7, 11) is 0. The lowest BCUT2D eigenvalue weighted by Gasteiger charge is -2.16. The minimum absolute atomic E-state index is 0.446. The first kappa shape index (κ1) is 16.1. The third kappa shape index (κ3) is 4.32. The van der Waals surface area contributed by atoms with Crippen molar-refractivity contribution in [3.63, 3.8) is 0 Å². The predicted molar refractivity (Wildman–Crippen MR) is 92.1 cm³/mol. The first-order valence-corrected chi connectivity index (χ1v) is 8.02. The highest BCUT2D eigenvalue weighted by molar-refractivity contribution is 9.10. The second-order valence-corrected chi connectivity index (χ2v) is 6.50. The molecule has 2 aromatic rings. The Hall–Kier alpha value is -1.32. The molecule has 112 valence electrons. The fourth-order valence-corrected chi connectivity index (χ4v) is 2.38. The van der Waals surface area contributed by atoms with E-state index >= 15 is 0 Å². The summed E-state index contributed by atoms with van der Waals surface area (Å²) in [6, 6.07) is 12.8. The van der Waals surface area contributed by atoms with Crippen molar-refractivity contribution >= 4 is 15.9 Å².